The number of anilines is 2. The molecule has 0 unspecified atom stereocenters. The number of nitrogens with one attached hydrogen (secondary N) is 3. The van der Waals surface area contributed by atoms with Crippen molar-refractivity contribution in [2.24, 2.45) is 5.92 Å². The predicted molar refractivity (Wildman–Crippen MR) is 159 cm³/mol. The van der Waals surface area contributed by atoms with Crippen molar-refractivity contribution in [3.63, 3.8) is 0 Å². The summed E-state index contributed by atoms with van der Waals surface area (Å²) in [6, 6.07) is 5.46. The highest BCUT2D eigenvalue weighted by Gasteiger charge is 2.27. The molecule has 3 aromatic rings. The number of benzene rings is 1. The topological polar surface area (TPSA) is 127 Å². The van der Waals surface area contributed by atoms with E-state index in [1.807, 2.05) is 36.7 Å². The minimum atomic E-state index is -3.75. The lowest BCUT2D eigenvalue weighted by atomic mass is 9.86. The molecule has 2 heterocycles. The van der Waals surface area contributed by atoms with Gasteiger partial charge in [-0.2, -0.15) is 0 Å². The Morgan fingerprint density at radius 2 is 1.90 bits per heavy atom. The van der Waals surface area contributed by atoms with Gasteiger partial charge in [-0.1, -0.05) is 26.8 Å². The quantitative estimate of drug-likeness (QED) is 0.256. The number of alkyl carbamates (subject to hydrolysis) is 1. The van der Waals surface area contributed by atoms with Crippen molar-refractivity contribution >= 4 is 39.1 Å². The molecular weight excluding hydrogens is 548 g/mol. The van der Waals surface area contributed by atoms with E-state index in [0.717, 1.165) is 42.1 Å². The highest BCUT2D eigenvalue weighted by atomic mass is 32.2. The van der Waals surface area contributed by atoms with Crippen LogP contribution >= 0.6 is 11.3 Å². The van der Waals surface area contributed by atoms with Gasteiger partial charge in [0.2, 0.25) is 16.0 Å². The highest BCUT2D eigenvalue weighted by molar-refractivity contribution is 7.89. The molecule has 12 heteroatoms. The SMILES string of the molecule is CCNS(=O)(=O)c1cc(Nc2nccn2CC(C)C)ccc1-c1cnc(C2CCC(NC(=O)OC(C)C)CC2)s1. The standard InChI is InChI=1S/C28H40N6O4S2/c1-6-31-40(36,37)25-15-22(32-27-29-13-14-34(27)17-18(2)3)11-12-23(25)24-16-30-26(39-24)20-7-9-21(10-8-20)33-28(35)38-19(4)5/h11-16,18-21,31H,6-10,17H2,1-5H3,(H,29,32)(H,33,35). The van der Waals surface area contributed by atoms with Crippen LogP contribution < -0.4 is 15.4 Å². The van der Waals surface area contributed by atoms with Gasteiger partial charge in [0.05, 0.1) is 20.9 Å². The van der Waals surface area contributed by atoms with Crippen LogP contribution in [0.1, 0.15) is 71.2 Å². The minimum absolute atomic E-state index is 0.0926. The molecule has 0 aliphatic heterocycles. The molecule has 0 spiro atoms. The van der Waals surface area contributed by atoms with Crippen molar-refractivity contribution in [1.82, 2.24) is 24.6 Å². The Hall–Kier alpha value is -2.96. The van der Waals surface area contributed by atoms with Crippen molar-refractivity contribution in [2.45, 2.75) is 89.8 Å². The van der Waals surface area contributed by atoms with Gasteiger partial charge in [-0.3, -0.25) is 0 Å². The summed E-state index contributed by atoms with van der Waals surface area (Å²) in [7, 11) is -3.75. The van der Waals surface area contributed by atoms with E-state index in [9.17, 15) is 13.2 Å². The molecule has 1 aromatic carbocycles. The average molecular weight is 589 g/mol. The van der Waals surface area contributed by atoms with Gasteiger partial charge in [-0.05, 0) is 57.6 Å². The van der Waals surface area contributed by atoms with Gasteiger partial charge in [-0.25, -0.2) is 27.9 Å². The third-order valence-corrected chi connectivity index (χ3v) is 9.45. The first-order chi connectivity index (χ1) is 19.1. The van der Waals surface area contributed by atoms with Crippen LogP contribution in [0.25, 0.3) is 10.4 Å². The number of amides is 1. The average Bonchev–Trinajstić information content (AvgIpc) is 3.54. The van der Waals surface area contributed by atoms with Crippen LogP contribution in [0, 0.1) is 5.92 Å². The van der Waals surface area contributed by atoms with E-state index in [1.54, 1.807) is 25.4 Å². The number of imidazole rings is 1. The maximum atomic E-state index is 13.3. The third kappa shape index (κ3) is 7.61. The fraction of sp³-hybridized carbons (Fsp3) is 0.536. The molecule has 2 aromatic heterocycles. The van der Waals surface area contributed by atoms with E-state index < -0.39 is 10.0 Å². The van der Waals surface area contributed by atoms with Crippen LogP contribution in [0.4, 0.5) is 16.4 Å². The van der Waals surface area contributed by atoms with Crippen LogP contribution in [0.15, 0.2) is 41.7 Å². The molecule has 1 aliphatic rings. The van der Waals surface area contributed by atoms with E-state index in [4.69, 9.17) is 9.72 Å². The molecule has 1 saturated carbocycles. The van der Waals surface area contributed by atoms with Crippen LogP contribution in [-0.2, 0) is 21.3 Å². The first-order valence-electron chi connectivity index (χ1n) is 13.9. The summed E-state index contributed by atoms with van der Waals surface area (Å²) < 4.78 is 36.4. The second-order valence-electron chi connectivity index (χ2n) is 10.8. The lowest BCUT2D eigenvalue weighted by Gasteiger charge is -2.28. The summed E-state index contributed by atoms with van der Waals surface area (Å²) >= 11 is 1.53. The molecule has 1 aliphatic carbocycles. The third-order valence-electron chi connectivity index (χ3n) is 6.67. The first-order valence-corrected chi connectivity index (χ1v) is 16.2. The number of thiazole rings is 1. The second-order valence-corrected chi connectivity index (χ2v) is 13.6. The zero-order valence-electron chi connectivity index (χ0n) is 23.8. The van der Waals surface area contributed by atoms with Crippen molar-refractivity contribution in [1.29, 1.82) is 0 Å². The lowest BCUT2D eigenvalue weighted by molar-refractivity contribution is 0.109. The normalized spacial score (nSPS) is 17.8. The molecule has 4 rings (SSSR count). The van der Waals surface area contributed by atoms with Crippen LogP contribution in [0.2, 0.25) is 0 Å². The molecule has 0 bridgehead atoms. The summed E-state index contributed by atoms with van der Waals surface area (Å²) in [4.78, 5) is 22.1. The van der Waals surface area contributed by atoms with Crippen molar-refractivity contribution in [3.05, 3.63) is 41.8 Å². The fourth-order valence-electron chi connectivity index (χ4n) is 4.90. The second kappa shape index (κ2) is 13.1. The van der Waals surface area contributed by atoms with Crippen molar-refractivity contribution in [2.75, 3.05) is 11.9 Å². The molecule has 10 nitrogen and oxygen atoms in total. The molecule has 1 fully saturated rings. The number of aromatic nitrogens is 3. The van der Waals surface area contributed by atoms with E-state index >= 15 is 0 Å². The Balaban J connectivity index is 1.53. The summed E-state index contributed by atoms with van der Waals surface area (Å²) in [5, 5.41) is 7.23. The van der Waals surface area contributed by atoms with E-state index in [2.05, 4.69) is 34.2 Å². The number of carbonyl (C=O) groups is 1. The Morgan fingerprint density at radius 1 is 1.15 bits per heavy atom. The maximum Gasteiger partial charge on any atom is 0.407 e. The van der Waals surface area contributed by atoms with E-state index in [0.29, 0.717) is 23.1 Å². The van der Waals surface area contributed by atoms with Gasteiger partial charge < -0.3 is 19.9 Å². The number of carbonyl (C=O) groups excluding carboxylic acids is 1. The first kappa shape index (κ1) is 30.0. The molecular formula is C28H40N6O4S2. The lowest BCUT2D eigenvalue weighted by Crippen LogP contribution is -2.38. The predicted octanol–water partition coefficient (Wildman–Crippen LogP) is 5.87. The van der Waals surface area contributed by atoms with Crippen LogP contribution in [0.3, 0.4) is 0 Å². The Labute approximate surface area is 241 Å². The minimum Gasteiger partial charge on any atom is -0.447 e. The number of rotatable bonds is 11. The molecule has 3 N–H and O–H groups in total. The largest absolute Gasteiger partial charge is 0.447 e. The highest BCUT2D eigenvalue weighted by Crippen LogP contribution is 2.40. The van der Waals surface area contributed by atoms with Crippen molar-refractivity contribution < 1.29 is 17.9 Å². The van der Waals surface area contributed by atoms with E-state index in [1.165, 1.54) is 11.3 Å². The number of nitrogens with zero attached hydrogens (tertiary/aromatic N) is 3. The molecule has 0 saturated heterocycles. The number of ether oxygens (including phenoxy) is 1. The van der Waals surface area contributed by atoms with Gasteiger partial charge in [0.15, 0.2) is 0 Å². The van der Waals surface area contributed by atoms with Gasteiger partial charge in [-0.15, -0.1) is 11.3 Å². The summed E-state index contributed by atoms with van der Waals surface area (Å²) in [5.74, 6) is 1.37. The van der Waals surface area contributed by atoms with Crippen LogP contribution in [-0.4, -0.2) is 47.7 Å². The summed E-state index contributed by atoms with van der Waals surface area (Å²) in [5.41, 5.74) is 1.26. The number of hydrogen-bond donors (Lipinski definition) is 3. The van der Waals surface area contributed by atoms with Crippen LogP contribution in [0.5, 0.6) is 0 Å². The number of sulfonamides is 1. The maximum absolute atomic E-state index is 13.3. The van der Waals surface area contributed by atoms with Gasteiger partial charge >= 0.3 is 6.09 Å². The zero-order chi connectivity index (χ0) is 28.9. The smallest absolute Gasteiger partial charge is 0.407 e. The molecule has 40 heavy (non-hydrogen) atoms. The van der Waals surface area contributed by atoms with Gasteiger partial charge in [0.1, 0.15) is 0 Å². The van der Waals surface area contributed by atoms with Gasteiger partial charge in [0, 0.05) is 54.9 Å². The van der Waals surface area contributed by atoms with E-state index in [-0.39, 0.29) is 35.6 Å². The molecule has 0 radical (unpaired) electrons. The Kier molecular flexibility index (Phi) is 9.85. The summed E-state index contributed by atoms with van der Waals surface area (Å²) in [6.07, 6.45) is 8.38. The summed E-state index contributed by atoms with van der Waals surface area (Å²) in [6.45, 7) is 10.8. The molecule has 1 amide bonds. The Morgan fingerprint density at radius 3 is 2.58 bits per heavy atom. The molecule has 218 valence electrons. The molecule has 0 atom stereocenters. The Bertz CT molecular complexity index is 1390. The monoisotopic (exact) mass is 588 g/mol. The van der Waals surface area contributed by atoms with Gasteiger partial charge in [0.25, 0.3) is 0 Å². The number of hydrogen-bond acceptors (Lipinski definition) is 8. The van der Waals surface area contributed by atoms with Crippen molar-refractivity contribution in [3.8, 4) is 10.4 Å². The zero-order valence-corrected chi connectivity index (χ0v) is 25.4. The fourth-order valence-corrected chi connectivity index (χ4v) is 7.37.